The molecule has 0 amide bonds. The normalized spacial score (nSPS) is 11.4. The molecule has 0 aliphatic rings. The third kappa shape index (κ3) is 1.86. The number of fused-ring (bicyclic) bond motifs is 1. The highest BCUT2D eigenvalue weighted by Crippen LogP contribution is 2.27. The monoisotopic (exact) mass is 350 g/mol. The zero-order chi connectivity index (χ0) is 14.6. The molecule has 4 nitrogen and oxygen atoms in total. The Hall–Kier alpha value is -1.40. The lowest BCUT2D eigenvalue weighted by Crippen LogP contribution is -2.02. The number of imidazole rings is 1. The molecule has 0 fully saturated rings. The molecule has 0 radical (unpaired) electrons. The van der Waals surface area contributed by atoms with Crippen LogP contribution in [-0.4, -0.2) is 19.3 Å². The number of nitrogens with one attached hydrogen (secondary N) is 1. The van der Waals surface area contributed by atoms with Gasteiger partial charge in [0.1, 0.15) is 5.52 Å². The van der Waals surface area contributed by atoms with Crippen molar-refractivity contribution in [2.45, 2.75) is 20.8 Å². The topological polar surface area (TPSA) is 38.5 Å². The molecule has 0 saturated carbocycles. The van der Waals surface area contributed by atoms with E-state index in [2.05, 4.69) is 52.0 Å². The predicted octanol–water partition coefficient (Wildman–Crippen LogP) is 4.11. The first-order chi connectivity index (χ1) is 9.40. The van der Waals surface area contributed by atoms with Crippen LogP contribution in [0.15, 0.2) is 16.6 Å². The van der Waals surface area contributed by atoms with E-state index in [9.17, 15) is 0 Å². The van der Waals surface area contributed by atoms with Gasteiger partial charge < -0.3 is 4.98 Å². The van der Waals surface area contributed by atoms with Crippen LogP contribution in [0, 0.1) is 25.5 Å². The average Bonchev–Trinajstić information content (AvgIpc) is 2.84. The summed E-state index contributed by atoms with van der Waals surface area (Å²) in [4.78, 5) is 3.25. The van der Waals surface area contributed by atoms with Crippen LogP contribution < -0.4 is 0 Å². The van der Waals surface area contributed by atoms with Gasteiger partial charge in [0.15, 0.2) is 10.4 Å². The molecule has 3 rings (SSSR count). The summed E-state index contributed by atoms with van der Waals surface area (Å²) in [6.45, 7) is 6.15. The summed E-state index contributed by atoms with van der Waals surface area (Å²) < 4.78 is 5.73. The molecule has 6 heteroatoms. The van der Waals surface area contributed by atoms with Crippen LogP contribution in [0.25, 0.3) is 16.9 Å². The van der Waals surface area contributed by atoms with Crippen molar-refractivity contribution >= 4 is 39.3 Å². The van der Waals surface area contributed by atoms with Crippen molar-refractivity contribution in [1.82, 2.24) is 19.3 Å². The summed E-state index contributed by atoms with van der Waals surface area (Å²) in [6, 6.07) is 4.25. The van der Waals surface area contributed by atoms with Crippen molar-refractivity contribution in [2.24, 2.45) is 7.05 Å². The second-order valence-corrected chi connectivity index (χ2v) is 6.25. The Morgan fingerprint density at radius 2 is 1.80 bits per heavy atom. The number of nitrogens with zero attached hydrogens (tertiary/aromatic N) is 3. The van der Waals surface area contributed by atoms with Crippen molar-refractivity contribution in [3.8, 4) is 5.69 Å². The van der Waals surface area contributed by atoms with Gasteiger partial charge in [-0.15, -0.1) is 0 Å². The largest absolute Gasteiger partial charge is 0.327 e. The Kier molecular flexibility index (Phi) is 3.10. The highest BCUT2D eigenvalue weighted by atomic mass is 79.9. The Balaban J connectivity index is 2.40. The molecule has 3 aromatic rings. The molecule has 0 aliphatic heterocycles. The van der Waals surface area contributed by atoms with E-state index in [1.807, 2.05) is 23.2 Å². The van der Waals surface area contributed by atoms with Crippen LogP contribution in [-0.2, 0) is 7.05 Å². The van der Waals surface area contributed by atoms with Crippen molar-refractivity contribution in [3.05, 3.63) is 38.2 Å². The van der Waals surface area contributed by atoms with Crippen LogP contribution in [0.1, 0.15) is 16.8 Å². The number of hydrogen-bond acceptors (Lipinski definition) is 2. The lowest BCUT2D eigenvalue weighted by molar-refractivity contribution is 0.759. The summed E-state index contributed by atoms with van der Waals surface area (Å²) >= 11 is 9.08. The van der Waals surface area contributed by atoms with Crippen molar-refractivity contribution < 1.29 is 0 Å². The predicted molar refractivity (Wildman–Crippen MR) is 87.1 cm³/mol. The summed E-state index contributed by atoms with van der Waals surface area (Å²) in [6.07, 6.45) is 0. The molecule has 2 heterocycles. The second-order valence-electron chi connectivity index (χ2n) is 5.07. The minimum Gasteiger partial charge on any atom is -0.327 e. The molecule has 0 aliphatic carbocycles. The van der Waals surface area contributed by atoms with E-state index < -0.39 is 0 Å². The molecule has 0 spiro atoms. The summed E-state index contributed by atoms with van der Waals surface area (Å²) in [5.74, 6) is 0. The van der Waals surface area contributed by atoms with Gasteiger partial charge in [-0.25, -0.2) is 4.68 Å². The number of benzene rings is 1. The smallest absolute Gasteiger partial charge is 0.184 e. The van der Waals surface area contributed by atoms with E-state index in [-0.39, 0.29) is 0 Å². The molecule has 0 atom stereocenters. The molecular formula is C14H15BrN4S. The van der Waals surface area contributed by atoms with Crippen LogP contribution in [0.4, 0.5) is 0 Å². The second kappa shape index (κ2) is 4.56. The maximum absolute atomic E-state index is 5.48. The molecule has 2 aromatic heterocycles. The molecule has 1 N–H and O–H groups in total. The third-order valence-corrected chi connectivity index (χ3v) is 5.05. The van der Waals surface area contributed by atoms with Gasteiger partial charge in [0, 0.05) is 11.5 Å². The number of hydrogen-bond donors (Lipinski definition) is 1. The van der Waals surface area contributed by atoms with Gasteiger partial charge in [-0.3, -0.25) is 4.57 Å². The minimum atomic E-state index is 0.692. The van der Waals surface area contributed by atoms with E-state index in [1.165, 1.54) is 11.1 Å². The van der Waals surface area contributed by atoms with E-state index in [0.29, 0.717) is 4.77 Å². The first-order valence-electron chi connectivity index (χ1n) is 6.31. The number of halogens is 1. The number of H-pyrrole nitrogens is 1. The van der Waals surface area contributed by atoms with Crippen LogP contribution in [0.5, 0.6) is 0 Å². The third-order valence-electron chi connectivity index (χ3n) is 3.52. The first-order valence-corrected chi connectivity index (χ1v) is 7.51. The van der Waals surface area contributed by atoms with Gasteiger partial charge in [0.05, 0.1) is 11.4 Å². The molecule has 0 unspecified atom stereocenters. The van der Waals surface area contributed by atoms with E-state index in [0.717, 1.165) is 27.0 Å². The summed E-state index contributed by atoms with van der Waals surface area (Å²) in [7, 11) is 1.94. The molecule has 0 bridgehead atoms. The number of aryl methyl sites for hydroxylation is 4. The van der Waals surface area contributed by atoms with Gasteiger partial charge >= 0.3 is 0 Å². The maximum Gasteiger partial charge on any atom is 0.184 e. The molecule has 1 aromatic carbocycles. The molecule has 20 heavy (non-hydrogen) atoms. The van der Waals surface area contributed by atoms with Crippen LogP contribution in [0.3, 0.4) is 0 Å². The first kappa shape index (κ1) is 13.6. The fourth-order valence-electron chi connectivity index (χ4n) is 2.60. The summed E-state index contributed by atoms with van der Waals surface area (Å²) in [5, 5.41) is 4.45. The zero-order valence-corrected chi connectivity index (χ0v) is 14.2. The Morgan fingerprint density at radius 3 is 2.40 bits per heavy atom. The summed E-state index contributed by atoms with van der Waals surface area (Å²) in [5.41, 5.74) is 6.38. The Morgan fingerprint density at radius 1 is 1.20 bits per heavy atom. The highest BCUT2D eigenvalue weighted by Gasteiger charge is 2.15. The van der Waals surface area contributed by atoms with Gasteiger partial charge in [-0.1, -0.05) is 15.9 Å². The van der Waals surface area contributed by atoms with Gasteiger partial charge in [0.2, 0.25) is 0 Å². The molecular weight excluding hydrogens is 336 g/mol. The zero-order valence-electron chi connectivity index (χ0n) is 11.8. The lowest BCUT2D eigenvalue weighted by atomic mass is 10.1. The van der Waals surface area contributed by atoms with Gasteiger partial charge in [-0.2, -0.15) is 5.10 Å². The number of aromatic nitrogens is 4. The van der Waals surface area contributed by atoms with Crippen molar-refractivity contribution in [1.29, 1.82) is 0 Å². The van der Waals surface area contributed by atoms with Crippen molar-refractivity contribution in [3.63, 3.8) is 0 Å². The minimum absolute atomic E-state index is 0.692. The van der Waals surface area contributed by atoms with E-state index in [1.54, 1.807) is 0 Å². The Labute approximate surface area is 130 Å². The van der Waals surface area contributed by atoms with Crippen molar-refractivity contribution in [2.75, 3.05) is 0 Å². The Bertz CT molecular complexity index is 862. The molecule has 104 valence electrons. The maximum atomic E-state index is 5.48. The quantitative estimate of drug-likeness (QED) is 0.670. The highest BCUT2D eigenvalue weighted by molar-refractivity contribution is 9.10. The fraction of sp³-hybridized carbons (Fsp3) is 0.286. The van der Waals surface area contributed by atoms with E-state index in [4.69, 9.17) is 12.2 Å². The SMILES string of the molecule is Cc1cc(-n2c(=S)[nH]c3c(C)nn(C)c32)cc(C)c1Br. The molecule has 0 saturated heterocycles. The number of rotatable bonds is 1. The average molecular weight is 351 g/mol. The van der Waals surface area contributed by atoms with Crippen LogP contribution in [0.2, 0.25) is 0 Å². The van der Waals surface area contributed by atoms with Crippen LogP contribution >= 0.6 is 28.1 Å². The fourth-order valence-corrected chi connectivity index (χ4v) is 3.12. The lowest BCUT2D eigenvalue weighted by Gasteiger charge is -2.10. The number of aromatic amines is 1. The van der Waals surface area contributed by atoms with E-state index >= 15 is 0 Å². The van der Waals surface area contributed by atoms with Gasteiger partial charge in [0.25, 0.3) is 0 Å². The standard InChI is InChI=1S/C14H15BrN4S/c1-7-5-10(6-8(2)11(7)15)19-13-12(16-14(19)20)9(3)17-18(13)4/h5-6H,1-4H3,(H,16,20). The van der Waals surface area contributed by atoms with Gasteiger partial charge in [-0.05, 0) is 56.2 Å².